The largest absolute Gasteiger partial charge is 0.445 e. The smallest absolute Gasteiger partial charge is 0.407 e. The molecule has 2 atom stereocenters. The number of ether oxygens (including phenoxy) is 2. The average molecular weight is 1020 g/mol. The van der Waals surface area contributed by atoms with Crippen LogP contribution < -0.4 is 48.3 Å². The van der Waals surface area contributed by atoms with Crippen LogP contribution in [0, 0.1) is 5.92 Å². The second-order valence-electron chi connectivity index (χ2n) is 17.8. The summed E-state index contributed by atoms with van der Waals surface area (Å²) >= 11 is 0. The molecule has 4 aromatic rings. The molecule has 6 rings (SSSR count). The zero-order valence-corrected chi connectivity index (χ0v) is 41.4. The lowest BCUT2D eigenvalue weighted by molar-refractivity contribution is -0.137. The molecular weight excluding hydrogens is 955 g/mol. The van der Waals surface area contributed by atoms with Crippen LogP contribution in [-0.4, -0.2) is 125 Å². The monoisotopic (exact) mass is 1020 g/mol. The number of nitrogen functional groups attached to an aromatic ring is 1. The van der Waals surface area contributed by atoms with Crippen molar-refractivity contribution >= 4 is 70.4 Å². The van der Waals surface area contributed by atoms with E-state index in [2.05, 4.69) is 51.8 Å². The van der Waals surface area contributed by atoms with Crippen molar-refractivity contribution in [2.45, 2.75) is 77.5 Å². The van der Waals surface area contributed by atoms with E-state index in [1.165, 1.54) is 18.3 Å². The predicted octanol–water partition coefficient (Wildman–Crippen LogP) is 3.18. The van der Waals surface area contributed by atoms with E-state index >= 15 is 0 Å². The number of hydrogen-bond donors (Lipinski definition) is 8. The molecule has 23 heteroatoms. The number of primary amides is 1. The number of pyridine rings is 1. The van der Waals surface area contributed by atoms with Gasteiger partial charge in [-0.15, -0.1) is 0 Å². The highest BCUT2D eigenvalue weighted by atomic mass is 16.5. The molecule has 2 aliphatic rings. The standard InChI is InChI=1S/C51H63N13O10/c1-32(2)44(62-41(65)8-4-3-5-24-64-42(66)17-18-43(64)67)48(69)60-37(7-6-21-55-50(53)71)47(68)58-36-15-11-34(12-16-36)31-74-51(72)56-23-19-33-9-13-35(14-10-33)38-30-57-46(52)45(59-38)49(70)61-39-29-54-22-20-40(39)63-25-27-73-28-26-63/h9-18,20,22,29-30,32,37,44H,3-8,19,21,23-28,31H2,1-2H3,(H2,52,57)(H,56,72)(H,58,68)(H,60,69)(H,61,70)(H,62,65)(H3,53,55,71)/t37-,44-/m0/s1. The van der Waals surface area contributed by atoms with E-state index in [-0.39, 0.29) is 74.2 Å². The molecule has 10 N–H and O–H groups in total. The van der Waals surface area contributed by atoms with Gasteiger partial charge in [-0.3, -0.25) is 38.7 Å². The summed E-state index contributed by atoms with van der Waals surface area (Å²) in [5.74, 6) is -3.06. The average Bonchev–Trinajstić information content (AvgIpc) is 3.71. The van der Waals surface area contributed by atoms with Gasteiger partial charge in [0.1, 0.15) is 18.7 Å². The lowest BCUT2D eigenvalue weighted by atomic mass is 10.0. The normalized spacial score (nSPS) is 14.0. The Labute approximate surface area is 428 Å². The van der Waals surface area contributed by atoms with Crippen molar-refractivity contribution in [3.8, 4) is 11.3 Å². The van der Waals surface area contributed by atoms with E-state index < -0.39 is 41.9 Å². The summed E-state index contributed by atoms with van der Waals surface area (Å²) in [4.78, 5) is 117. The van der Waals surface area contributed by atoms with Crippen LogP contribution >= 0.6 is 0 Å². The van der Waals surface area contributed by atoms with E-state index in [0.29, 0.717) is 86.6 Å². The second kappa shape index (κ2) is 27.4. The number of amides is 9. The summed E-state index contributed by atoms with van der Waals surface area (Å²) in [6.07, 6.45) is 9.16. The number of benzene rings is 2. The summed E-state index contributed by atoms with van der Waals surface area (Å²) in [6.45, 7) is 6.67. The Hall–Kier alpha value is -8.47. The van der Waals surface area contributed by atoms with Gasteiger partial charge in [-0.25, -0.2) is 19.6 Å². The second-order valence-corrected chi connectivity index (χ2v) is 17.8. The third-order valence-corrected chi connectivity index (χ3v) is 12.0. The first-order valence-corrected chi connectivity index (χ1v) is 24.4. The van der Waals surface area contributed by atoms with Crippen molar-refractivity contribution in [2.75, 3.05) is 67.2 Å². The van der Waals surface area contributed by atoms with Crippen LogP contribution in [0.4, 0.5) is 32.5 Å². The molecular formula is C51H63N13O10. The van der Waals surface area contributed by atoms with Gasteiger partial charge >= 0.3 is 12.1 Å². The number of hydrogen-bond acceptors (Lipinski definition) is 15. The molecule has 23 nitrogen and oxygen atoms in total. The number of rotatable bonds is 25. The maximum absolute atomic E-state index is 13.6. The molecule has 0 bridgehead atoms. The molecule has 2 aromatic heterocycles. The highest BCUT2D eigenvalue weighted by molar-refractivity contribution is 6.13. The fourth-order valence-corrected chi connectivity index (χ4v) is 7.93. The van der Waals surface area contributed by atoms with Gasteiger partial charge in [0.25, 0.3) is 17.7 Å². The van der Waals surface area contributed by atoms with Gasteiger partial charge in [-0.1, -0.05) is 56.7 Å². The van der Waals surface area contributed by atoms with Gasteiger partial charge < -0.3 is 57.7 Å². The molecule has 2 aliphatic heterocycles. The van der Waals surface area contributed by atoms with Crippen LogP contribution in [0.15, 0.2) is 85.3 Å². The van der Waals surface area contributed by atoms with Crippen molar-refractivity contribution in [3.63, 3.8) is 0 Å². The van der Waals surface area contributed by atoms with Crippen LogP contribution in [0.2, 0.25) is 0 Å². The molecule has 0 saturated carbocycles. The van der Waals surface area contributed by atoms with Gasteiger partial charge in [-0.2, -0.15) is 0 Å². The first kappa shape index (κ1) is 54.9. The maximum Gasteiger partial charge on any atom is 0.407 e. The van der Waals surface area contributed by atoms with Crippen LogP contribution in [0.5, 0.6) is 0 Å². The molecule has 0 unspecified atom stereocenters. The van der Waals surface area contributed by atoms with Gasteiger partial charge in [0.2, 0.25) is 17.7 Å². The Bertz CT molecular complexity index is 2640. The third kappa shape index (κ3) is 16.5. The summed E-state index contributed by atoms with van der Waals surface area (Å²) < 4.78 is 10.9. The quantitative estimate of drug-likeness (QED) is 0.0349. The summed E-state index contributed by atoms with van der Waals surface area (Å²) in [5.41, 5.74) is 15.7. The molecule has 74 heavy (non-hydrogen) atoms. The number of carbonyl (C=O) groups is 8. The Morgan fingerprint density at radius 1 is 0.797 bits per heavy atom. The minimum absolute atomic E-state index is 0.0198. The van der Waals surface area contributed by atoms with E-state index in [1.54, 1.807) is 50.5 Å². The highest BCUT2D eigenvalue weighted by Crippen LogP contribution is 2.27. The number of unbranched alkanes of at least 4 members (excludes halogenated alkanes) is 2. The Kier molecular flexibility index (Phi) is 20.3. The predicted molar refractivity (Wildman–Crippen MR) is 274 cm³/mol. The van der Waals surface area contributed by atoms with Crippen LogP contribution in [0.3, 0.4) is 0 Å². The number of carbonyl (C=O) groups excluding carboxylic acids is 8. The van der Waals surface area contributed by atoms with Crippen LogP contribution in [0.25, 0.3) is 11.3 Å². The Morgan fingerprint density at radius 2 is 1.51 bits per heavy atom. The number of imide groups is 1. The summed E-state index contributed by atoms with van der Waals surface area (Å²) in [6, 6.07) is 13.1. The van der Waals surface area contributed by atoms with E-state index in [0.717, 1.165) is 16.2 Å². The van der Waals surface area contributed by atoms with Crippen molar-refractivity contribution in [1.29, 1.82) is 0 Å². The third-order valence-electron chi connectivity index (χ3n) is 12.0. The molecule has 2 aromatic carbocycles. The topological polar surface area (TPSA) is 324 Å². The lowest BCUT2D eigenvalue weighted by Gasteiger charge is -2.30. The SMILES string of the molecule is CC(C)[C@H](NC(=O)CCCCCN1C(=O)C=CC1=O)C(=O)N[C@@H](CCCNC(N)=O)C(=O)Nc1ccc(COC(=O)NCCc2ccc(-c3cnc(N)c(C(=O)Nc4cnccc4N4CCOCC4)n3)cc2)cc1. The van der Waals surface area contributed by atoms with E-state index in [9.17, 15) is 38.4 Å². The summed E-state index contributed by atoms with van der Waals surface area (Å²) in [5, 5.41) is 16.4. The van der Waals surface area contributed by atoms with Crippen molar-refractivity contribution in [3.05, 3.63) is 102 Å². The number of nitrogens with one attached hydrogen (secondary N) is 6. The van der Waals surface area contributed by atoms with E-state index in [1.807, 2.05) is 30.3 Å². The minimum atomic E-state index is -1.05. The molecule has 9 amide bonds. The molecule has 0 aliphatic carbocycles. The van der Waals surface area contributed by atoms with Gasteiger partial charge in [0.15, 0.2) is 11.5 Å². The Balaban J connectivity index is 0.932. The van der Waals surface area contributed by atoms with Gasteiger partial charge in [-0.05, 0) is 67.3 Å². The highest BCUT2D eigenvalue weighted by Gasteiger charge is 2.29. The zero-order valence-electron chi connectivity index (χ0n) is 41.4. The number of aromatic nitrogens is 3. The molecule has 0 radical (unpaired) electrons. The lowest BCUT2D eigenvalue weighted by Crippen LogP contribution is -2.54. The van der Waals surface area contributed by atoms with Crippen molar-refractivity contribution in [1.82, 2.24) is 41.1 Å². The zero-order chi connectivity index (χ0) is 53.0. The minimum Gasteiger partial charge on any atom is -0.445 e. The fraction of sp³-hybridized carbons (Fsp3) is 0.392. The number of urea groups is 1. The first-order valence-electron chi connectivity index (χ1n) is 24.4. The van der Waals surface area contributed by atoms with Crippen molar-refractivity contribution < 1.29 is 47.8 Å². The fourth-order valence-electron chi connectivity index (χ4n) is 7.93. The maximum atomic E-state index is 13.6. The Morgan fingerprint density at radius 3 is 2.22 bits per heavy atom. The van der Waals surface area contributed by atoms with Crippen LogP contribution in [0.1, 0.15) is 74.0 Å². The van der Waals surface area contributed by atoms with Gasteiger partial charge in [0.05, 0.1) is 42.7 Å². The molecule has 1 saturated heterocycles. The molecule has 1 fully saturated rings. The van der Waals surface area contributed by atoms with Crippen molar-refractivity contribution in [2.24, 2.45) is 11.7 Å². The number of nitrogens with two attached hydrogens (primary N) is 2. The number of nitrogens with zero attached hydrogens (tertiary/aromatic N) is 5. The molecule has 392 valence electrons. The van der Waals surface area contributed by atoms with Gasteiger partial charge in [0, 0.05) is 68.7 Å². The van der Waals surface area contributed by atoms with Crippen LogP contribution in [-0.2, 0) is 46.5 Å². The number of alkyl carbamates (subject to hydrolysis) is 1. The van der Waals surface area contributed by atoms with E-state index in [4.69, 9.17) is 20.9 Å². The number of morpholine rings is 1. The molecule has 4 heterocycles. The first-order chi connectivity index (χ1) is 35.6. The summed E-state index contributed by atoms with van der Waals surface area (Å²) in [7, 11) is 0. The number of anilines is 4. The molecule has 0 spiro atoms.